The fourth-order valence-electron chi connectivity index (χ4n) is 1.82. The van der Waals surface area contributed by atoms with Gasteiger partial charge in [-0.15, -0.1) is 0 Å². The fraction of sp³-hybridized carbons (Fsp3) is 0.636. The number of anilines is 1. The third-order valence-electron chi connectivity index (χ3n) is 2.77. The summed E-state index contributed by atoms with van der Waals surface area (Å²) < 4.78 is 1.83. The Morgan fingerprint density at radius 2 is 2.50 bits per heavy atom. The van der Waals surface area contributed by atoms with Crippen LogP contribution in [0.4, 0.5) is 5.69 Å². The van der Waals surface area contributed by atoms with E-state index in [0.29, 0.717) is 6.04 Å². The summed E-state index contributed by atoms with van der Waals surface area (Å²) in [6.45, 7) is 5.04. The highest BCUT2D eigenvalue weighted by molar-refractivity contribution is 5.94. The third kappa shape index (κ3) is 2.41. The van der Waals surface area contributed by atoms with E-state index in [1.54, 1.807) is 6.20 Å². The standard InChI is InChI=1S/C11H18N4O/c1-8(2)15-7-9(6-13-15)14-11(16)10-4-3-5-12-10/h6-8,10,12H,3-5H2,1-2H3,(H,14,16). The van der Waals surface area contributed by atoms with E-state index < -0.39 is 0 Å². The molecule has 0 aliphatic carbocycles. The van der Waals surface area contributed by atoms with Crippen LogP contribution in [0.25, 0.3) is 0 Å². The number of rotatable bonds is 3. The van der Waals surface area contributed by atoms with E-state index in [9.17, 15) is 4.79 Å². The molecule has 1 aromatic heterocycles. The van der Waals surface area contributed by atoms with Gasteiger partial charge in [-0.05, 0) is 33.2 Å². The van der Waals surface area contributed by atoms with Gasteiger partial charge in [0.2, 0.25) is 5.91 Å². The summed E-state index contributed by atoms with van der Waals surface area (Å²) in [5, 5.41) is 10.2. The van der Waals surface area contributed by atoms with Crippen LogP contribution in [0.2, 0.25) is 0 Å². The average Bonchev–Trinajstić information content (AvgIpc) is 2.87. The first-order valence-electron chi connectivity index (χ1n) is 5.75. The van der Waals surface area contributed by atoms with E-state index in [0.717, 1.165) is 25.1 Å². The maximum Gasteiger partial charge on any atom is 0.241 e. The Hall–Kier alpha value is -1.36. The van der Waals surface area contributed by atoms with Gasteiger partial charge in [0.1, 0.15) is 0 Å². The van der Waals surface area contributed by atoms with Gasteiger partial charge in [0.15, 0.2) is 0 Å². The van der Waals surface area contributed by atoms with Crippen LogP contribution >= 0.6 is 0 Å². The molecule has 1 atom stereocenters. The fourth-order valence-corrected chi connectivity index (χ4v) is 1.82. The highest BCUT2D eigenvalue weighted by atomic mass is 16.2. The molecule has 1 aliphatic heterocycles. The van der Waals surface area contributed by atoms with Crippen LogP contribution in [0, 0.1) is 0 Å². The van der Waals surface area contributed by atoms with Crippen LogP contribution in [0.15, 0.2) is 12.4 Å². The van der Waals surface area contributed by atoms with E-state index in [-0.39, 0.29) is 11.9 Å². The lowest BCUT2D eigenvalue weighted by Gasteiger charge is -2.09. The van der Waals surface area contributed by atoms with E-state index in [4.69, 9.17) is 0 Å². The third-order valence-corrected chi connectivity index (χ3v) is 2.77. The van der Waals surface area contributed by atoms with Crippen molar-refractivity contribution in [3.63, 3.8) is 0 Å². The largest absolute Gasteiger partial charge is 0.322 e. The zero-order valence-electron chi connectivity index (χ0n) is 9.73. The number of hydrogen-bond acceptors (Lipinski definition) is 3. The van der Waals surface area contributed by atoms with Crippen LogP contribution in [-0.2, 0) is 4.79 Å². The molecule has 2 heterocycles. The Morgan fingerprint density at radius 3 is 3.06 bits per heavy atom. The van der Waals surface area contributed by atoms with Crippen molar-refractivity contribution < 1.29 is 4.79 Å². The summed E-state index contributed by atoms with van der Waals surface area (Å²) in [5.41, 5.74) is 0.771. The first-order valence-corrected chi connectivity index (χ1v) is 5.75. The van der Waals surface area contributed by atoms with Crippen LogP contribution in [0.5, 0.6) is 0 Å². The lowest BCUT2D eigenvalue weighted by molar-refractivity contribution is -0.117. The minimum atomic E-state index is -0.0394. The zero-order chi connectivity index (χ0) is 11.5. The predicted octanol–water partition coefficient (Wildman–Crippen LogP) is 1.15. The topological polar surface area (TPSA) is 59.0 Å². The van der Waals surface area contributed by atoms with Gasteiger partial charge in [0.05, 0.1) is 17.9 Å². The number of nitrogens with one attached hydrogen (secondary N) is 2. The summed E-state index contributed by atoms with van der Waals surface area (Å²) >= 11 is 0. The number of carbonyl (C=O) groups is 1. The monoisotopic (exact) mass is 222 g/mol. The summed E-state index contributed by atoms with van der Waals surface area (Å²) in [5.74, 6) is 0.0424. The second-order valence-corrected chi connectivity index (χ2v) is 4.44. The quantitative estimate of drug-likeness (QED) is 0.806. The van der Waals surface area contributed by atoms with Gasteiger partial charge in [-0.1, -0.05) is 0 Å². The van der Waals surface area contributed by atoms with Crippen molar-refractivity contribution in [2.45, 2.75) is 38.8 Å². The number of nitrogens with zero attached hydrogens (tertiary/aromatic N) is 2. The molecule has 0 radical (unpaired) electrons. The highest BCUT2D eigenvalue weighted by Gasteiger charge is 2.22. The molecule has 1 aliphatic rings. The molecular formula is C11H18N4O. The molecule has 2 rings (SSSR count). The van der Waals surface area contributed by atoms with Gasteiger partial charge in [-0.25, -0.2) is 0 Å². The van der Waals surface area contributed by atoms with Gasteiger partial charge in [-0.2, -0.15) is 5.10 Å². The second kappa shape index (κ2) is 4.65. The highest BCUT2D eigenvalue weighted by Crippen LogP contribution is 2.12. The molecule has 2 N–H and O–H groups in total. The van der Waals surface area contributed by atoms with Crippen LogP contribution in [-0.4, -0.2) is 28.3 Å². The maximum atomic E-state index is 11.8. The molecule has 5 heteroatoms. The molecule has 1 saturated heterocycles. The smallest absolute Gasteiger partial charge is 0.241 e. The maximum absolute atomic E-state index is 11.8. The van der Waals surface area contributed by atoms with Gasteiger partial charge >= 0.3 is 0 Å². The lowest BCUT2D eigenvalue weighted by Crippen LogP contribution is -2.35. The summed E-state index contributed by atoms with van der Waals surface area (Å²) in [4.78, 5) is 11.8. The molecule has 16 heavy (non-hydrogen) atoms. The van der Waals surface area contributed by atoms with E-state index in [2.05, 4.69) is 29.6 Å². The number of aromatic nitrogens is 2. The van der Waals surface area contributed by atoms with E-state index in [1.807, 2.05) is 10.9 Å². The van der Waals surface area contributed by atoms with Crippen molar-refractivity contribution in [1.82, 2.24) is 15.1 Å². The minimum absolute atomic E-state index is 0.0394. The molecule has 1 unspecified atom stereocenters. The Labute approximate surface area is 95.2 Å². The number of amides is 1. The van der Waals surface area contributed by atoms with Crippen molar-refractivity contribution in [1.29, 1.82) is 0 Å². The molecule has 0 saturated carbocycles. The molecule has 5 nitrogen and oxygen atoms in total. The van der Waals surface area contributed by atoms with Crippen LogP contribution in [0.3, 0.4) is 0 Å². The second-order valence-electron chi connectivity index (χ2n) is 4.44. The zero-order valence-corrected chi connectivity index (χ0v) is 9.73. The Bertz CT molecular complexity index is 366. The minimum Gasteiger partial charge on any atom is -0.322 e. The average molecular weight is 222 g/mol. The van der Waals surface area contributed by atoms with Gasteiger partial charge in [0, 0.05) is 12.2 Å². The Balaban J connectivity index is 1.95. The van der Waals surface area contributed by atoms with Crippen molar-refractivity contribution >= 4 is 11.6 Å². The molecule has 1 aromatic rings. The van der Waals surface area contributed by atoms with E-state index >= 15 is 0 Å². The normalized spacial score (nSPS) is 20.3. The Kier molecular flexibility index (Phi) is 3.24. The number of hydrogen-bond donors (Lipinski definition) is 2. The SMILES string of the molecule is CC(C)n1cc(NC(=O)C2CCCN2)cn1. The molecule has 1 fully saturated rings. The summed E-state index contributed by atoms with van der Waals surface area (Å²) in [6.07, 6.45) is 5.54. The van der Waals surface area contributed by atoms with Crippen molar-refractivity contribution in [2.75, 3.05) is 11.9 Å². The van der Waals surface area contributed by atoms with Gasteiger partial charge in [-0.3, -0.25) is 9.48 Å². The van der Waals surface area contributed by atoms with Gasteiger partial charge in [0.25, 0.3) is 0 Å². The van der Waals surface area contributed by atoms with Gasteiger partial charge < -0.3 is 10.6 Å². The van der Waals surface area contributed by atoms with Crippen LogP contribution in [0.1, 0.15) is 32.7 Å². The van der Waals surface area contributed by atoms with Crippen molar-refractivity contribution in [3.05, 3.63) is 12.4 Å². The van der Waals surface area contributed by atoms with Crippen molar-refractivity contribution in [3.8, 4) is 0 Å². The number of carbonyl (C=O) groups excluding carboxylic acids is 1. The Morgan fingerprint density at radius 1 is 1.69 bits per heavy atom. The summed E-state index contributed by atoms with van der Waals surface area (Å²) in [7, 11) is 0. The molecule has 88 valence electrons. The van der Waals surface area contributed by atoms with E-state index in [1.165, 1.54) is 0 Å². The lowest BCUT2D eigenvalue weighted by atomic mass is 10.2. The molecule has 0 bridgehead atoms. The first-order chi connectivity index (χ1) is 7.66. The van der Waals surface area contributed by atoms with Crippen LogP contribution < -0.4 is 10.6 Å². The molecule has 0 aromatic carbocycles. The summed E-state index contributed by atoms with van der Waals surface area (Å²) in [6, 6.07) is 0.276. The molecule has 1 amide bonds. The molecule has 0 spiro atoms. The first kappa shape index (κ1) is 11.1. The molecular weight excluding hydrogens is 204 g/mol. The van der Waals surface area contributed by atoms with Crippen molar-refractivity contribution in [2.24, 2.45) is 0 Å². The predicted molar refractivity (Wildman–Crippen MR) is 62.3 cm³/mol.